The minimum atomic E-state index is -0.362. The highest BCUT2D eigenvalue weighted by molar-refractivity contribution is 9.10. The molecule has 2 fully saturated rings. The summed E-state index contributed by atoms with van der Waals surface area (Å²) in [5.74, 6) is 0.715. The average molecular weight is 265 g/mol. The van der Waals surface area contributed by atoms with Crippen LogP contribution < -0.4 is 0 Å². The second-order valence-corrected chi connectivity index (χ2v) is 5.01. The van der Waals surface area contributed by atoms with Crippen molar-refractivity contribution in [1.82, 2.24) is 4.98 Å². The summed E-state index contributed by atoms with van der Waals surface area (Å²) in [7, 11) is 0. The number of nitrogens with zero attached hydrogens (tertiary/aromatic N) is 2. The first-order chi connectivity index (χ1) is 7.29. The zero-order chi connectivity index (χ0) is 10.5. The van der Waals surface area contributed by atoms with Gasteiger partial charge in [0.25, 0.3) is 0 Å². The Morgan fingerprint density at radius 3 is 2.73 bits per heavy atom. The van der Waals surface area contributed by atoms with Crippen molar-refractivity contribution in [2.75, 3.05) is 13.2 Å². The number of hydrogen-bond donors (Lipinski definition) is 0. The first kappa shape index (κ1) is 9.32. The Balaban J connectivity index is 2.00. The van der Waals surface area contributed by atoms with Gasteiger partial charge in [-0.2, -0.15) is 5.26 Å². The van der Waals surface area contributed by atoms with Gasteiger partial charge >= 0.3 is 0 Å². The number of ether oxygens (including phenoxy) is 1. The predicted octanol–water partition coefficient (Wildman–Crippen LogP) is 1.88. The minimum absolute atomic E-state index is 0.358. The maximum absolute atomic E-state index is 9.33. The van der Waals surface area contributed by atoms with Crippen LogP contribution in [0.15, 0.2) is 22.8 Å². The van der Waals surface area contributed by atoms with Gasteiger partial charge in [-0.15, -0.1) is 0 Å². The van der Waals surface area contributed by atoms with Crippen LogP contribution in [0.3, 0.4) is 0 Å². The van der Waals surface area contributed by atoms with E-state index in [2.05, 4.69) is 27.0 Å². The molecule has 0 amide bonds. The molecule has 4 heteroatoms. The molecule has 1 aliphatic carbocycles. The van der Waals surface area contributed by atoms with Gasteiger partial charge in [0.1, 0.15) is 5.41 Å². The molecule has 2 aliphatic rings. The van der Waals surface area contributed by atoms with Crippen LogP contribution >= 0.6 is 15.9 Å². The van der Waals surface area contributed by atoms with E-state index in [1.807, 2.05) is 12.1 Å². The Morgan fingerprint density at radius 2 is 2.20 bits per heavy atom. The van der Waals surface area contributed by atoms with E-state index in [-0.39, 0.29) is 5.41 Å². The van der Waals surface area contributed by atoms with E-state index in [1.165, 1.54) is 0 Å². The standard InChI is InChI=1S/C11H9BrN2O/c12-7-1-2-10(14-3-7)11(6-13)8-4-15-5-9(8)11/h1-3,8-9H,4-5H2. The first-order valence-electron chi connectivity index (χ1n) is 4.90. The highest BCUT2D eigenvalue weighted by atomic mass is 79.9. The quantitative estimate of drug-likeness (QED) is 0.778. The smallest absolute Gasteiger partial charge is 0.110 e. The van der Waals surface area contributed by atoms with E-state index < -0.39 is 0 Å². The molecule has 1 aliphatic heterocycles. The second-order valence-electron chi connectivity index (χ2n) is 4.09. The monoisotopic (exact) mass is 264 g/mol. The summed E-state index contributed by atoms with van der Waals surface area (Å²) in [4.78, 5) is 4.34. The molecule has 0 N–H and O–H groups in total. The molecule has 0 aromatic carbocycles. The SMILES string of the molecule is N#CC1(c2ccc(Br)cn2)C2COCC21. The molecular formula is C11H9BrN2O. The fourth-order valence-corrected chi connectivity index (χ4v) is 2.81. The number of fused-ring (bicyclic) bond motifs is 1. The van der Waals surface area contributed by atoms with Crippen molar-refractivity contribution < 1.29 is 4.74 Å². The molecule has 3 rings (SSSR count). The normalized spacial score (nSPS) is 37.1. The molecule has 15 heavy (non-hydrogen) atoms. The summed E-state index contributed by atoms with van der Waals surface area (Å²) in [6.07, 6.45) is 1.75. The maximum Gasteiger partial charge on any atom is 0.110 e. The summed E-state index contributed by atoms with van der Waals surface area (Å²) in [6.45, 7) is 1.41. The second kappa shape index (κ2) is 3.03. The van der Waals surface area contributed by atoms with Crippen LogP contribution in [0, 0.1) is 23.2 Å². The van der Waals surface area contributed by atoms with Crippen LogP contribution in [-0.2, 0) is 10.2 Å². The van der Waals surface area contributed by atoms with Gasteiger partial charge < -0.3 is 4.74 Å². The van der Waals surface area contributed by atoms with Gasteiger partial charge in [0.05, 0.1) is 25.0 Å². The topological polar surface area (TPSA) is 45.9 Å². The van der Waals surface area contributed by atoms with Crippen LogP contribution in [0.4, 0.5) is 0 Å². The lowest BCUT2D eigenvalue weighted by Gasteiger charge is -2.11. The van der Waals surface area contributed by atoms with Crippen LogP contribution in [0.2, 0.25) is 0 Å². The van der Waals surface area contributed by atoms with E-state index >= 15 is 0 Å². The van der Waals surface area contributed by atoms with Gasteiger partial charge in [-0.1, -0.05) is 0 Å². The lowest BCUT2D eigenvalue weighted by atomic mass is 9.98. The van der Waals surface area contributed by atoms with Crippen LogP contribution in [0.25, 0.3) is 0 Å². The van der Waals surface area contributed by atoms with Crippen molar-refractivity contribution in [3.63, 3.8) is 0 Å². The van der Waals surface area contributed by atoms with Gasteiger partial charge in [0, 0.05) is 22.5 Å². The van der Waals surface area contributed by atoms with Crippen molar-refractivity contribution in [2.45, 2.75) is 5.41 Å². The maximum atomic E-state index is 9.33. The summed E-state index contributed by atoms with van der Waals surface area (Å²) < 4.78 is 6.27. The molecule has 2 heterocycles. The Bertz CT molecular complexity index is 427. The largest absolute Gasteiger partial charge is 0.381 e. The highest BCUT2D eigenvalue weighted by Crippen LogP contribution is 2.62. The predicted molar refractivity (Wildman–Crippen MR) is 57.0 cm³/mol. The molecule has 76 valence electrons. The third-order valence-corrected chi connectivity index (χ3v) is 3.95. The third-order valence-electron chi connectivity index (χ3n) is 3.48. The molecule has 2 atom stereocenters. The third kappa shape index (κ3) is 1.11. The zero-order valence-corrected chi connectivity index (χ0v) is 9.57. The van der Waals surface area contributed by atoms with Crippen LogP contribution in [0.5, 0.6) is 0 Å². The fraction of sp³-hybridized carbons (Fsp3) is 0.455. The summed E-state index contributed by atoms with van der Waals surface area (Å²) in [6, 6.07) is 6.31. The first-order valence-corrected chi connectivity index (χ1v) is 5.69. The molecule has 0 bridgehead atoms. The van der Waals surface area contributed by atoms with Gasteiger partial charge in [0.2, 0.25) is 0 Å². The van der Waals surface area contributed by atoms with E-state index in [0.717, 1.165) is 10.2 Å². The minimum Gasteiger partial charge on any atom is -0.381 e. The molecule has 0 spiro atoms. The van der Waals surface area contributed by atoms with E-state index in [0.29, 0.717) is 25.0 Å². The number of rotatable bonds is 1. The molecule has 1 saturated heterocycles. The van der Waals surface area contributed by atoms with Gasteiger partial charge in [-0.05, 0) is 28.1 Å². The Kier molecular flexibility index (Phi) is 1.88. The molecule has 3 nitrogen and oxygen atoms in total. The molecule has 1 aromatic heterocycles. The lowest BCUT2D eigenvalue weighted by Crippen LogP contribution is -2.17. The van der Waals surface area contributed by atoms with Gasteiger partial charge in [-0.3, -0.25) is 4.98 Å². The number of halogens is 1. The van der Waals surface area contributed by atoms with Crippen molar-refractivity contribution in [1.29, 1.82) is 5.26 Å². The lowest BCUT2D eigenvalue weighted by molar-refractivity contribution is 0.151. The Labute approximate surface area is 96.2 Å². The Morgan fingerprint density at radius 1 is 1.47 bits per heavy atom. The van der Waals surface area contributed by atoms with Gasteiger partial charge in [0.15, 0.2) is 0 Å². The Hall–Kier alpha value is -0.920. The van der Waals surface area contributed by atoms with Crippen molar-refractivity contribution in [2.24, 2.45) is 11.8 Å². The van der Waals surface area contributed by atoms with Crippen molar-refractivity contribution >= 4 is 15.9 Å². The zero-order valence-electron chi connectivity index (χ0n) is 7.98. The summed E-state index contributed by atoms with van der Waals surface area (Å²) in [5.41, 5.74) is 0.533. The number of aromatic nitrogens is 1. The summed E-state index contributed by atoms with van der Waals surface area (Å²) >= 11 is 3.35. The van der Waals surface area contributed by atoms with Crippen LogP contribution in [0.1, 0.15) is 5.69 Å². The van der Waals surface area contributed by atoms with Gasteiger partial charge in [-0.25, -0.2) is 0 Å². The summed E-state index contributed by atoms with van der Waals surface area (Å²) in [5, 5.41) is 9.33. The molecule has 1 aromatic rings. The molecule has 2 unspecified atom stereocenters. The number of nitriles is 1. The molecule has 0 radical (unpaired) electrons. The number of pyridine rings is 1. The average Bonchev–Trinajstić information content (AvgIpc) is 2.65. The van der Waals surface area contributed by atoms with Crippen molar-refractivity contribution in [3.8, 4) is 6.07 Å². The molecule has 1 saturated carbocycles. The van der Waals surface area contributed by atoms with E-state index in [4.69, 9.17) is 4.74 Å². The van der Waals surface area contributed by atoms with E-state index in [1.54, 1.807) is 6.20 Å². The number of hydrogen-bond acceptors (Lipinski definition) is 3. The fourth-order valence-electron chi connectivity index (χ4n) is 2.58. The van der Waals surface area contributed by atoms with Crippen molar-refractivity contribution in [3.05, 3.63) is 28.5 Å². The highest BCUT2D eigenvalue weighted by Gasteiger charge is 2.70. The van der Waals surface area contributed by atoms with E-state index in [9.17, 15) is 5.26 Å². The van der Waals surface area contributed by atoms with Crippen LogP contribution in [-0.4, -0.2) is 18.2 Å². The molecular weight excluding hydrogens is 256 g/mol.